The first-order chi connectivity index (χ1) is 4.27. The monoisotopic (exact) mass is 147 g/mol. The van der Waals surface area contributed by atoms with Crippen molar-refractivity contribution in [3.63, 3.8) is 0 Å². The van der Waals surface area contributed by atoms with E-state index in [-0.39, 0.29) is 0 Å². The standard InChI is InChI=1S/C6H17NOSi/c1-7(2)5-3-4-6-8-9/h3-6H2,1-2,9H3. The van der Waals surface area contributed by atoms with E-state index in [0.29, 0.717) is 0 Å². The Hall–Kier alpha value is 0.137. The minimum absolute atomic E-state index is 0.888. The molecule has 0 aliphatic rings. The molecule has 9 heavy (non-hydrogen) atoms. The Labute approximate surface area is 60.7 Å². The van der Waals surface area contributed by atoms with E-state index in [0.717, 1.165) is 17.1 Å². The molecule has 0 rings (SSSR count). The van der Waals surface area contributed by atoms with Crippen molar-refractivity contribution in [2.24, 2.45) is 0 Å². The quantitative estimate of drug-likeness (QED) is 0.388. The predicted octanol–water partition coefficient (Wildman–Crippen LogP) is -0.375. The van der Waals surface area contributed by atoms with E-state index in [4.69, 9.17) is 4.43 Å². The van der Waals surface area contributed by atoms with Gasteiger partial charge in [-0.25, -0.2) is 0 Å². The van der Waals surface area contributed by atoms with Gasteiger partial charge in [0.15, 0.2) is 0 Å². The molecule has 0 heterocycles. The molecule has 0 unspecified atom stereocenters. The van der Waals surface area contributed by atoms with Gasteiger partial charge in [0.25, 0.3) is 0 Å². The van der Waals surface area contributed by atoms with Crippen molar-refractivity contribution in [3.05, 3.63) is 0 Å². The molecule has 56 valence electrons. The van der Waals surface area contributed by atoms with Crippen molar-refractivity contribution in [1.29, 1.82) is 0 Å². The Kier molecular flexibility index (Phi) is 6.35. The summed E-state index contributed by atoms with van der Waals surface area (Å²) in [5.41, 5.74) is 0. The third-order valence-electron chi connectivity index (χ3n) is 1.20. The van der Waals surface area contributed by atoms with E-state index in [1.165, 1.54) is 19.4 Å². The Balaban J connectivity index is 2.75. The summed E-state index contributed by atoms with van der Waals surface area (Å²) in [5, 5.41) is 0. The molecule has 0 aromatic rings. The summed E-state index contributed by atoms with van der Waals surface area (Å²) >= 11 is 0. The third-order valence-corrected chi connectivity index (χ3v) is 1.61. The fraction of sp³-hybridized carbons (Fsp3) is 1.00. The Morgan fingerprint density at radius 2 is 2.00 bits per heavy atom. The van der Waals surface area contributed by atoms with E-state index in [2.05, 4.69) is 19.0 Å². The second kappa shape index (κ2) is 6.26. The summed E-state index contributed by atoms with van der Waals surface area (Å²) in [6.07, 6.45) is 2.47. The van der Waals surface area contributed by atoms with E-state index < -0.39 is 0 Å². The lowest BCUT2D eigenvalue weighted by Crippen LogP contribution is -2.13. The van der Waals surface area contributed by atoms with Crippen LogP contribution in [-0.4, -0.2) is 42.6 Å². The van der Waals surface area contributed by atoms with Gasteiger partial charge in [0.05, 0.1) is 0 Å². The zero-order chi connectivity index (χ0) is 7.11. The predicted molar refractivity (Wildman–Crippen MR) is 43.7 cm³/mol. The minimum Gasteiger partial charge on any atom is -0.428 e. The molecule has 0 aromatic carbocycles. The van der Waals surface area contributed by atoms with Gasteiger partial charge in [-0.2, -0.15) is 0 Å². The molecule has 0 fully saturated rings. The molecule has 0 radical (unpaired) electrons. The minimum atomic E-state index is 0.888. The van der Waals surface area contributed by atoms with Crippen molar-refractivity contribution in [3.8, 4) is 0 Å². The molecule has 0 spiro atoms. The van der Waals surface area contributed by atoms with Crippen LogP contribution in [0.4, 0.5) is 0 Å². The summed E-state index contributed by atoms with van der Waals surface area (Å²) in [4.78, 5) is 2.20. The molecule has 0 saturated carbocycles. The van der Waals surface area contributed by atoms with E-state index >= 15 is 0 Å². The lowest BCUT2D eigenvalue weighted by molar-refractivity contribution is 0.315. The van der Waals surface area contributed by atoms with Crippen LogP contribution in [0.5, 0.6) is 0 Å². The average molecular weight is 147 g/mol. The number of rotatable bonds is 5. The van der Waals surface area contributed by atoms with E-state index in [1.54, 1.807) is 0 Å². The van der Waals surface area contributed by atoms with Gasteiger partial charge in [0, 0.05) is 6.61 Å². The lowest BCUT2D eigenvalue weighted by Gasteiger charge is -2.07. The van der Waals surface area contributed by atoms with Crippen molar-refractivity contribution in [2.75, 3.05) is 27.2 Å². The van der Waals surface area contributed by atoms with Gasteiger partial charge in [-0.05, 0) is 33.5 Å². The average Bonchev–Trinajstić information content (AvgIpc) is 1.80. The molecule has 0 saturated heterocycles. The summed E-state index contributed by atoms with van der Waals surface area (Å²) in [5.74, 6) is 0. The van der Waals surface area contributed by atoms with Crippen LogP contribution >= 0.6 is 0 Å². The largest absolute Gasteiger partial charge is 0.428 e. The summed E-state index contributed by atoms with van der Waals surface area (Å²) in [6, 6.07) is 0. The first-order valence-corrected chi connectivity index (χ1v) is 4.22. The Bertz CT molecular complexity index is 59.0. The van der Waals surface area contributed by atoms with Crippen LogP contribution in [0.1, 0.15) is 12.8 Å². The highest BCUT2D eigenvalue weighted by Crippen LogP contribution is 1.89. The van der Waals surface area contributed by atoms with Crippen LogP contribution in [0.25, 0.3) is 0 Å². The summed E-state index contributed by atoms with van der Waals surface area (Å²) in [6.45, 7) is 2.14. The fourth-order valence-electron chi connectivity index (χ4n) is 0.674. The number of hydrogen-bond donors (Lipinski definition) is 0. The topological polar surface area (TPSA) is 12.5 Å². The van der Waals surface area contributed by atoms with Crippen molar-refractivity contribution >= 4 is 10.5 Å². The van der Waals surface area contributed by atoms with Crippen LogP contribution in [0.3, 0.4) is 0 Å². The molecule has 3 heteroatoms. The van der Waals surface area contributed by atoms with Gasteiger partial charge in [-0.3, -0.25) is 0 Å². The molecule has 0 bridgehead atoms. The molecular formula is C6H17NOSi. The normalized spacial score (nSPS) is 11.0. The zero-order valence-corrected chi connectivity index (χ0v) is 8.68. The molecule has 0 aliphatic heterocycles. The van der Waals surface area contributed by atoms with E-state index in [9.17, 15) is 0 Å². The van der Waals surface area contributed by atoms with Crippen LogP contribution in [-0.2, 0) is 4.43 Å². The Morgan fingerprint density at radius 1 is 1.33 bits per heavy atom. The zero-order valence-electron chi connectivity index (χ0n) is 6.68. The number of unbranched alkanes of at least 4 members (excludes halogenated alkanes) is 1. The first kappa shape index (κ1) is 9.14. The second-order valence-corrected chi connectivity index (χ2v) is 3.08. The third kappa shape index (κ3) is 8.14. The van der Waals surface area contributed by atoms with Crippen LogP contribution in [0, 0.1) is 0 Å². The fourth-order valence-corrected chi connectivity index (χ4v) is 0.963. The first-order valence-electron chi connectivity index (χ1n) is 3.41. The van der Waals surface area contributed by atoms with E-state index in [1.807, 2.05) is 0 Å². The lowest BCUT2D eigenvalue weighted by atomic mass is 10.3. The molecule has 0 aliphatic carbocycles. The highest BCUT2D eigenvalue weighted by molar-refractivity contribution is 5.97. The summed E-state index contributed by atoms with van der Waals surface area (Å²) in [7, 11) is 5.09. The van der Waals surface area contributed by atoms with Gasteiger partial charge >= 0.3 is 0 Å². The van der Waals surface area contributed by atoms with Gasteiger partial charge < -0.3 is 9.33 Å². The van der Waals surface area contributed by atoms with Crippen LogP contribution in [0.2, 0.25) is 0 Å². The molecule has 0 atom stereocenters. The van der Waals surface area contributed by atoms with Gasteiger partial charge in [-0.1, -0.05) is 0 Å². The van der Waals surface area contributed by atoms with Gasteiger partial charge in [0.1, 0.15) is 10.5 Å². The van der Waals surface area contributed by atoms with Gasteiger partial charge in [0.2, 0.25) is 0 Å². The molecule has 0 N–H and O–H groups in total. The highest BCUT2D eigenvalue weighted by Gasteiger charge is 1.88. The SMILES string of the molecule is CN(C)CCCCO[SiH3]. The second-order valence-electron chi connectivity index (χ2n) is 2.50. The van der Waals surface area contributed by atoms with Crippen molar-refractivity contribution in [2.45, 2.75) is 12.8 Å². The van der Waals surface area contributed by atoms with Gasteiger partial charge in [-0.15, -0.1) is 0 Å². The summed E-state index contributed by atoms with van der Waals surface area (Å²) < 4.78 is 5.04. The highest BCUT2D eigenvalue weighted by atomic mass is 28.2. The maximum atomic E-state index is 5.04. The molecular weight excluding hydrogens is 130 g/mol. The van der Waals surface area contributed by atoms with Crippen molar-refractivity contribution in [1.82, 2.24) is 4.90 Å². The van der Waals surface area contributed by atoms with Crippen molar-refractivity contribution < 1.29 is 4.43 Å². The maximum Gasteiger partial charge on any atom is 0.145 e. The molecule has 0 aromatic heterocycles. The smallest absolute Gasteiger partial charge is 0.145 e. The molecule has 0 amide bonds. The Morgan fingerprint density at radius 3 is 2.44 bits per heavy atom. The molecule has 2 nitrogen and oxygen atoms in total. The number of hydrogen-bond acceptors (Lipinski definition) is 2. The van der Waals surface area contributed by atoms with Crippen LogP contribution < -0.4 is 0 Å². The number of nitrogens with zero attached hydrogens (tertiary/aromatic N) is 1. The van der Waals surface area contributed by atoms with Crippen LogP contribution in [0.15, 0.2) is 0 Å². The maximum absolute atomic E-state index is 5.04.